The van der Waals surface area contributed by atoms with Gasteiger partial charge in [-0.15, -0.1) is 0 Å². The molecule has 0 bridgehead atoms. The van der Waals surface area contributed by atoms with Crippen LogP contribution in [0.2, 0.25) is 0 Å². The largest absolute Gasteiger partial charge is 0.508 e. The average molecular weight is 727 g/mol. The van der Waals surface area contributed by atoms with Gasteiger partial charge in [0.2, 0.25) is 6.29 Å². The lowest BCUT2D eigenvalue weighted by atomic mass is 9.98. The molecule has 0 saturated carbocycles. The van der Waals surface area contributed by atoms with Gasteiger partial charge in [-0.3, -0.25) is 0 Å². The lowest BCUT2D eigenvalue weighted by Gasteiger charge is -2.43. The number of carbonyl (C=O) groups is 1. The predicted molar refractivity (Wildman–Crippen MR) is 183 cm³/mol. The van der Waals surface area contributed by atoms with Gasteiger partial charge in [-0.2, -0.15) is 0 Å². The van der Waals surface area contributed by atoms with Gasteiger partial charge in [0.15, 0.2) is 23.9 Å². The lowest BCUT2D eigenvalue weighted by Crippen LogP contribution is -2.62. The van der Waals surface area contributed by atoms with Gasteiger partial charge < -0.3 is 68.9 Å². The maximum atomic E-state index is 13.0. The number of aliphatic hydroxyl groups is 5. The molecule has 0 unspecified atom stereocenters. The number of esters is 1. The van der Waals surface area contributed by atoms with Gasteiger partial charge in [0.25, 0.3) is 0 Å². The second-order valence-electron chi connectivity index (χ2n) is 12.2. The Morgan fingerprint density at radius 1 is 0.712 bits per heavy atom. The molecule has 0 aliphatic carbocycles. The number of carbonyl (C=O) groups excluding carboxylic acids is 1. The summed E-state index contributed by atoms with van der Waals surface area (Å²) in [6, 6.07) is 15.8. The Morgan fingerprint density at radius 3 is 2.12 bits per heavy atom. The number of aliphatic hydroxyl groups excluding tert-OH is 5. The Kier molecular flexibility index (Phi) is 12.7. The molecular weight excluding hydrogens is 684 g/mol. The van der Waals surface area contributed by atoms with E-state index in [1.165, 1.54) is 51.5 Å². The minimum absolute atomic E-state index is 0.0957. The second-order valence-corrected chi connectivity index (χ2v) is 12.2. The van der Waals surface area contributed by atoms with Crippen LogP contribution in [0.4, 0.5) is 0 Å². The summed E-state index contributed by atoms with van der Waals surface area (Å²) in [7, 11) is 2.83. The fraction of sp³-hybridized carbons (Fsp3) is 0.378. The van der Waals surface area contributed by atoms with Crippen LogP contribution in [-0.2, 0) is 23.7 Å². The molecule has 5 rings (SSSR count). The highest BCUT2D eigenvalue weighted by Crippen LogP contribution is 2.32. The number of benzene rings is 3. The highest BCUT2D eigenvalue weighted by atomic mass is 16.7. The van der Waals surface area contributed by atoms with Crippen LogP contribution in [-0.4, -0.2) is 124 Å². The first kappa shape index (κ1) is 38.5. The first-order chi connectivity index (χ1) is 24.9. The first-order valence-electron chi connectivity index (χ1n) is 16.3. The van der Waals surface area contributed by atoms with Crippen molar-refractivity contribution in [3.05, 3.63) is 83.4 Å². The molecule has 15 nitrogen and oxygen atoms in total. The molecule has 52 heavy (non-hydrogen) atoms. The monoisotopic (exact) mass is 726 g/mol. The Hall–Kier alpha value is -4.71. The van der Waals surface area contributed by atoms with Gasteiger partial charge in [0.1, 0.15) is 53.9 Å². The van der Waals surface area contributed by atoms with Crippen LogP contribution in [0.5, 0.6) is 28.7 Å². The third-order valence-corrected chi connectivity index (χ3v) is 8.50. The van der Waals surface area contributed by atoms with Gasteiger partial charge in [0.05, 0.1) is 26.9 Å². The van der Waals surface area contributed by atoms with Crippen molar-refractivity contribution in [3.63, 3.8) is 0 Å². The van der Waals surface area contributed by atoms with Crippen molar-refractivity contribution in [3.8, 4) is 28.7 Å². The second kappa shape index (κ2) is 17.2. The van der Waals surface area contributed by atoms with Crippen molar-refractivity contribution in [2.75, 3.05) is 20.8 Å². The van der Waals surface area contributed by atoms with E-state index in [1.807, 2.05) is 0 Å². The van der Waals surface area contributed by atoms with Crippen LogP contribution in [0.15, 0.2) is 66.7 Å². The quantitative estimate of drug-likeness (QED) is 0.0800. The van der Waals surface area contributed by atoms with Gasteiger partial charge in [-0.25, -0.2) is 4.79 Å². The summed E-state index contributed by atoms with van der Waals surface area (Å²) in [6.07, 6.45) is -8.81. The molecule has 3 aromatic rings. The van der Waals surface area contributed by atoms with E-state index in [9.17, 15) is 40.5 Å². The average Bonchev–Trinajstić information content (AvgIpc) is 3.14. The van der Waals surface area contributed by atoms with Crippen molar-refractivity contribution in [2.45, 2.75) is 68.3 Å². The van der Waals surface area contributed by atoms with Crippen molar-refractivity contribution in [1.82, 2.24) is 0 Å². The van der Waals surface area contributed by atoms with E-state index < -0.39 is 74.0 Å². The number of aromatic hydroxyl groups is 2. The summed E-state index contributed by atoms with van der Waals surface area (Å²) in [5.74, 6) is -0.170. The summed E-state index contributed by atoms with van der Waals surface area (Å²) in [4.78, 5) is 13.0. The highest BCUT2D eigenvalue weighted by Gasteiger charge is 2.49. The Labute approximate surface area is 299 Å². The zero-order chi connectivity index (χ0) is 37.5. The Morgan fingerprint density at radius 2 is 1.40 bits per heavy atom. The number of phenols is 2. The molecule has 0 spiro atoms. The fourth-order valence-corrected chi connectivity index (χ4v) is 5.53. The van der Waals surface area contributed by atoms with Crippen LogP contribution in [0.25, 0.3) is 18.2 Å². The van der Waals surface area contributed by atoms with E-state index in [2.05, 4.69) is 0 Å². The first-order valence-corrected chi connectivity index (χ1v) is 16.3. The lowest BCUT2D eigenvalue weighted by molar-refractivity contribution is -0.319. The summed E-state index contributed by atoms with van der Waals surface area (Å²) in [5.41, 5.74) is 1.91. The summed E-state index contributed by atoms with van der Waals surface area (Å²) >= 11 is 0. The zero-order valence-corrected chi connectivity index (χ0v) is 28.5. The van der Waals surface area contributed by atoms with E-state index in [1.54, 1.807) is 48.6 Å². The number of phenolic OH excluding ortho intramolecular Hbond substituents is 2. The molecular formula is C37H42O15. The molecule has 280 valence electrons. The Balaban J connectivity index is 1.38. The van der Waals surface area contributed by atoms with Crippen LogP contribution in [0.1, 0.15) is 23.6 Å². The number of rotatable bonds is 12. The van der Waals surface area contributed by atoms with Gasteiger partial charge in [-0.05, 0) is 66.1 Å². The topological polar surface area (TPSA) is 223 Å². The molecule has 10 atom stereocenters. The standard InChI is InChI=1S/C37H42O15/c1-19-30(41)32(43)34(45)36(49-19)48-18-28-31(42)33(44)35(52-29(40)13-9-21-8-12-26(39)27(16-21)47-3)37(51-28)50-25-15-22(14-24(17-25)46-2)5-4-20-6-10-23(38)11-7-20/h4-17,19,28,30-39,41-45H,18H2,1-3H3/t19-,28+,30-,31+,32+,33-,34+,35+,36+,37+/m0/s1. The third kappa shape index (κ3) is 9.39. The maximum absolute atomic E-state index is 13.0. The molecule has 2 aliphatic heterocycles. The molecule has 0 radical (unpaired) electrons. The van der Waals surface area contributed by atoms with Gasteiger partial charge >= 0.3 is 5.97 Å². The molecule has 0 amide bonds. The van der Waals surface area contributed by atoms with Gasteiger partial charge in [0, 0.05) is 12.1 Å². The van der Waals surface area contributed by atoms with Crippen LogP contribution in [0.3, 0.4) is 0 Å². The molecule has 3 aromatic carbocycles. The van der Waals surface area contributed by atoms with E-state index in [0.717, 1.165) is 11.6 Å². The molecule has 2 heterocycles. The summed E-state index contributed by atoms with van der Waals surface area (Å²) < 4.78 is 39.4. The number of hydrogen-bond acceptors (Lipinski definition) is 15. The summed E-state index contributed by atoms with van der Waals surface area (Å²) in [5, 5.41) is 72.4. The molecule has 15 heteroatoms. The molecule has 0 aromatic heterocycles. The van der Waals surface area contributed by atoms with E-state index in [0.29, 0.717) is 16.9 Å². The molecule has 2 fully saturated rings. The SMILES string of the molecule is COc1cc(C=Cc2ccc(O)cc2)cc(O[C@@H]2O[C@H](CO[C@@H]3O[C@@H](C)[C@H](O)[C@@H](O)[C@H]3O)[C@@H](O)[C@H](O)[C@H]2OC(=O)C=Cc2ccc(O)c(OC)c2)c1. The Bertz CT molecular complexity index is 1710. The zero-order valence-electron chi connectivity index (χ0n) is 28.5. The molecule has 7 N–H and O–H groups in total. The van der Waals surface area contributed by atoms with Crippen molar-refractivity contribution in [2.24, 2.45) is 0 Å². The number of methoxy groups -OCH3 is 2. The number of ether oxygens (including phenoxy) is 7. The van der Waals surface area contributed by atoms with E-state index in [-0.39, 0.29) is 23.0 Å². The van der Waals surface area contributed by atoms with Crippen molar-refractivity contribution < 1.29 is 73.7 Å². The normalized spacial score (nSPS) is 29.2. The van der Waals surface area contributed by atoms with Crippen molar-refractivity contribution >= 4 is 24.2 Å². The minimum Gasteiger partial charge on any atom is -0.508 e. The van der Waals surface area contributed by atoms with Crippen LogP contribution < -0.4 is 14.2 Å². The summed E-state index contributed by atoms with van der Waals surface area (Å²) in [6.45, 7) is 0.987. The van der Waals surface area contributed by atoms with E-state index in [4.69, 9.17) is 33.2 Å². The molecule has 2 aliphatic rings. The van der Waals surface area contributed by atoms with Crippen molar-refractivity contribution in [1.29, 1.82) is 0 Å². The smallest absolute Gasteiger partial charge is 0.331 e. The van der Waals surface area contributed by atoms with Crippen LogP contribution in [0, 0.1) is 0 Å². The maximum Gasteiger partial charge on any atom is 0.331 e. The van der Waals surface area contributed by atoms with Crippen LogP contribution >= 0.6 is 0 Å². The fourth-order valence-electron chi connectivity index (χ4n) is 5.53. The number of hydrogen-bond donors (Lipinski definition) is 7. The third-order valence-electron chi connectivity index (χ3n) is 8.50. The minimum atomic E-state index is -1.78. The predicted octanol–water partition coefficient (Wildman–Crippen LogP) is 1.58. The highest BCUT2D eigenvalue weighted by molar-refractivity contribution is 5.87. The van der Waals surface area contributed by atoms with Gasteiger partial charge in [-0.1, -0.05) is 30.4 Å². The van der Waals surface area contributed by atoms with E-state index >= 15 is 0 Å². The molecule has 2 saturated heterocycles.